The summed E-state index contributed by atoms with van der Waals surface area (Å²) in [6.45, 7) is 7.94. The van der Waals surface area contributed by atoms with Crippen LogP contribution >= 0.6 is 0 Å². The van der Waals surface area contributed by atoms with Crippen LogP contribution in [0.3, 0.4) is 0 Å². The summed E-state index contributed by atoms with van der Waals surface area (Å²) in [5.41, 5.74) is 0. The van der Waals surface area contributed by atoms with Crippen LogP contribution in [0, 0.1) is 11.8 Å². The van der Waals surface area contributed by atoms with E-state index in [1.165, 1.54) is 20.3 Å². The van der Waals surface area contributed by atoms with Gasteiger partial charge >= 0.3 is 6.03 Å². The van der Waals surface area contributed by atoms with Gasteiger partial charge in [-0.3, -0.25) is 34.1 Å². The van der Waals surface area contributed by atoms with Crippen LogP contribution in [0.1, 0.15) is 13.8 Å². The number of urea groups is 1. The number of amides is 5. The zero-order valence-corrected chi connectivity index (χ0v) is 15.8. The first-order chi connectivity index (χ1) is 12.2. The number of carbonyl (C=O) groups is 4. The highest BCUT2D eigenvalue weighted by Crippen LogP contribution is 2.13. The normalized spacial score (nSPS) is 20.8. The standard InChI is InChI=1S/C17H27N5O4/c1-12(2)14(23)22-9-7-21(8-10-22)6-5-18-11-13-15(24)19(3)17(26)20(4)16(13)25/h11-13H,5-10H2,1-4H3. The Bertz CT molecular complexity index is 586. The van der Waals surface area contributed by atoms with Gasteiger partial charge in [0.2, 0.25) is 17.7 Å². The van der Waals surface area contributed by atoms with E-state index in [0.717, 1.165) is 22.9 Å². The summed E-state index contributed by atoms with van der Waals surface area (Å²) < 4.78 is 0. The molecule has 2 fully saturated rings. The molecule has 9 heteroatoms. The maximum Gasteiger partial charge on any atom is 0.332 e. The van der Waals surface area contributed by atoms with E-state index in [1.54, 1.807) is 0 Å². The largest absolute Gasteiger partial charge is 0.340 e. The average molecular weight is 365 g/mol. The van der Waals surface area contributed by atoms with E-state index in [2.05, 4.69) is 9.89 Å². The third-order valence-electron chi connectivity index (χ3n) is 4.74. The second-order valence-electron chi connectivity index (χ2n) is 6.93. The molecule has 9 nitrogen and oxygen atoms in total. The summed E-state index contributed by atoms with van der Waals surface area (Å²) in [6.07, 6.45) is 1.34. The Balaban J connectivity index is 1.79. The Hall–Kier alpha value is -2.29. The number of hydrogen-bond acceptors (Lipinski definition) is 6. The molecule has 0 aliphatic carbocycles. The second kappa shape index (κ2) is 8.39. The second-order valence-corrected chi connectivity index (χ2v) is 6.93. The van der Waals surface area contributed by atoms with E-state index in [1.807, 2.05) is 18.7 Å². The molecule has 5 amide bonds. The third kappa shape index (κ3) is 4.27. The topological polar surface area (TPSA) is 93.6 Å². The van der Waals surface area contributed by atoms with Gasteiger partial charge < -0.3 is 4.90 Å². The average Bonchev–Trinajstić information content (AvgIpc) is 2.64. The van der Waals surface area contributed by atoms with Gasteiger partial charge in [-0.25, -0.2) is 4.79 Å². The molecule has 0 aromatic rings. The summed E-state index contributed by atoms with van der Waals surface area (Å²) in [5, 5.41) is 0. The SMILES string of the molecule is CC(C)C(=O)N1CCN(CCN=CC2C(=O)N(C)C(=O)N(C)C2=O)CC1. The zero-order valence-electron chi connectivity index (χ0n) is 15.8. The molecule has 2 saturated heterocycles. The van der Waals surface area contributed by atoms with Crippen LogP contribution < -0.4 is 0 Å². The highest BCUT2D eigenvalue weighted by molar-refractivity contribution is 6.23. The van der Waals surface area contributed by atoms with Crippen molar-refractivity contribution in [2.45, 2.75) is 13.8 Å². The van der Waals surface area contributed by atoms with Crippen LogP contribution in [0.4, 0.5) is 4.79 Å². The molecule has 26 heavy (non-hydrogen) atoms. The first kappa shape index (κ1) is 20.0. The van der Waals surface area contributed by atoms with E-state index >= 15 is 0 Å². The number of hydrogen-bond donors (Lipinski definition) is 0. The van der Waals surface area contributed by atoms with Crippen molar-refractivity contribution in [3.05, 3.63) is 0 Å². The fourth-order valence-electron chi connectivity index (χ4n) is 3.00. The van der Waals surface area contributed by atoms with Crippen molar-refractivity contribution in [1.82, 2.24) is 19.6 Å². The molecule has 2 rings (SSSR count). The predicted octanol–water partition coefficient (Wildman–Crippen LogP) is -0.476. The fraction of sp³-hybridized carbons (Fsp3) is 0.706. The van der Waals surface area contributed by atoms with Crippen molar-refractivity contribution < 1.29 is 19.2 Å². The molecule has 0 N–H and O–H groups in total. The van der Waals surface area contributed by atoms with Crippen LogP contribution in [0.2, 0.25) is 0 Å². The molecular weight excluding hydrogens is 338 g/mol. The van der Waals surface area contributed by atoms with Crippen molar-refractivity contribution in [2.75, 3.05) is 53.4 Å². The molecule has 0 bridgehead atoms. The molecule has 0 spiro atoms. The molecular formula is C17H27N5O4. The van der Waals surface area contributed by atoms with Gasteiger partial charge in [0.25, 0.3) is 0 Å². The van der Waals surface area contributed by atoms with Gasteiger partial charge in [-0.05, 0) is 0 Å². The summed E-state index contributed by atoms with van der Waals surface area (Å²) in [5.74, 6) is -1.95. The van der Waals surface area contributed by atoms with Gasteiger partial charge in [-0.1, -0.05) is 13.8 Å². The van der Waals surface area contributed by atoms with Crippen molar-refractivity contribution in [1.29, 1.82) is 0 Å². The van der Waals surface area contributed by atoms with E-state index in [4.69, 9.17) is 0 Å². The summed E-state index contributed by atoms with van der Waals surface area (Å²) in [7, 11) is 2.71. The highest BCUT2D eigenvalue weighted by atomic mass is 16.2. The lowest BCUT2D eigenvalue weighted by molar-refractivity contribution is -0.144. The van der Waals surface area contributed by atoms with Crippen molar-refractivity contribution in [3.63, 3.8) is 0 Å². The lowest BCUT2D eigenvalue weighted by Gasteiger charge is -2.35. The number of aliphatic imine (C=N–C) groups is 1. The van der Waals surface area contributed by atoms with Crippen LogP contribution in [0.25, 0.3) is 0 Å². The minimum absolute atomic E-state index is 0.0138. The zero-order chi connectivity index (χ0) is 19.4. The first-order valence-corrected chi connectivity index (χ1v) is 8.84. The van der Waals surface area contributed by atoms with Crippen LogP contribution in [0.5, 0.6) is 0 Å². The summed E-state index contributed by atoms with van der Waals surface area (Å²) >= 11 is 0. The predicted molar refractivity (Wildman–Crippen MR) is 95.6 cm³/mol. The van der Waals surface area contributed by atoms with Crippen LogP contribution in [-0.2, 0) is 14.4 Å². The van der Waals surface area contributed by atoms with Gasteiger partial charge in [0.05, 0.1) is 6.54 Å². The Morgan fingerprint density at radius 3 is 2.12 bits per heavy atom. The lowest BCUT2D eigenvalue weighted by Crippen LogP contribution is -2.57. The quantitative estimate of drug-likeness (QED) is 0.485. The minimum atomic E-state index is -1.04. The molecule has 0 saturated carbocycles. The van der Waals surface area contributed by atoms with E-state index in [0.29, 0.717) is 26.2 Å². The van der Waals surface area contributed by atoms with Crippen LogP contribution in [0.15, 0.2) is 4.99 Å². The molecule has 2 aliphatic rings. The number of nitrogens with zero attached hydrogens (tertiary/aromatic N) is 5. The van der Waals surface area contributed by atoms with Crippen LogP contribution in [-0.4, -0.2) is 103 Å². The summed E-state index contributed by atoms with van der Waals surface area (Å²) in [4.78, 5) is 57.9. The molecule has 0 atom stereocenters. The molecule has 2 heterocycles. The number of barbiturate groups is 1. The Kier molecular flexibility index (Phi) is 6.47. The summed E-state index contributed by atoms with van der Waals surface area (Å²) in [6, 6.07) is -0.626. The van der Waals surface area contributed by atoms with Gasteiger partial charge in [0.15, 0.2) is 5.92 Å². The maximum absolute atomic E-state index is 12.1. The van der Waals surface area contributed by atoms with Gasteiger partial charge in [0, 0.05) is 59.0 Å². The molecule has 0 aromatic carbocycles. The van der Waals surface area contributed by atoms with E-state index in [-0.39, 0.29) is 11.8 Å². The van der Waals surface area contributed by atoms with Crippen molar-refractivity contribution in [3.8, 4) is 0 Å². The number of rotatable bonds is 5. The Labute approximate surface area is 153 Å². The molecule has 2 aliphatic heterocycles. The number of carbonyl (C=O) groups excluding carboxylic acids is 4. The highest BCUT2D eigenvalue weighted by Gasteiger charge is 2.41. The van der Waals surface area contributed by atoms with Gasteiger partial charge in [0.1, 0.15) is 0 Å². The monoisotopic (exact) mass is 365 g/mol. The van der Waals surface area contributed by atoms with Gasteiger partial charge in [-0.15, -0.1) is 0 Å². The molecule has 144 valence electrons. The Morgan fingerprint density at radius 2 is 1.62 bits per heavy atom. The molecule has 0 radical (unpaired) electrons. The number of piperazine rings is 1. The third-order valence-corrected chi connectivity index (χ3v) is 4.74. The van der Waals surface area contributed by atoms with E-state index < -0.39 is 23.8 Å². The Morgan fingerprint density at radius 1 is 1.08 bits per heavy atom. The minimum Gasteiger partial charge on any atom is -0.340 e. The van der Waals surface area contributed by atoms with Gasteiger partial charge in [-0.2, -0.15) is 0 Å². The van der Waals surface area contributed by atoms with E-state index in [9.17, 15) is 19.2 Å². The lowest BCUT2D eigenvalue weighted by atomic mass is 10.1. The number of imide groups is 2. The van der Waals surface area contributed by atoms with Crippen molar-refractivity contribution in [2.24, 2.45) is 16.8 Å². The maximum atomic E-state index is 12.1. The van der Waals surface area contributed by atoms with Crippen molar-refractivity contribution >= 4 is 30.0 Å². The smallest absolute Gasteiger partial charge is 0.332 e. The fourth-order valence-corrected chi connectivity index (χ4v) is 3.00. The molecule has 0 aromatic heterocycles. The molecule has 0 unspecified atom stereocenters. The first-order valence-electron chi connectivity index (χ1n) is 8.84.